The smallest absolute Gasteiger partial charge is 0.274 e. The van der Waals surface area contributed by atoms with Crippen LogP contribution in [-0.4, -0.2) is 114 Å². The second-order valence-corrected chi connectivity index (χ2v) is 10.5. The lowest BCUT2D eigenvalue weighted by molar-refractivity contribution is 0.0361. The molecule has 2 amide bonds. The number of ether oxygens (including phenoxy) is 1. The van der Waals surface area contributed by atoms with E-state index in [-0.39, 0.29) is 17.5 Å². The van der Waals surface area contributed by atoms with E-state index in [9.17, 15) is 9.59 Å². The fraction of sp³-hybridized carbons (Fsp3) is 0.464. The van der Waals surface area contributed by atoms with Crippen molar-refractivity contribution in [2.45, 2.75) is 19.5 Å². The van der Waals surface area contributed by atoms with Gasteiger partial charge in [0.2, 0.25) is 0 Å². The van der Waals surface area contributed by atoms with Crippen molar-refractivity contribution < 1.29 is 14.3 Å². The molecule has 1 aromatic carbocycles. The number of pyridine rings is 1. The van der Waals surface area contributed by atoms with Crippen LogP contribution in [0.2, 0.25) is 0 Å². The van der Waals surface area contributed by atoms with E-state index >= 15 is 0 Å². The summed E-state index contributed by atoms with van der Waals surface area (Å²) < 4.78 is 6.89. The predicted molar refractivity (Wildman–Crippen MR) is 155 cm³/mol. The van der Waals surface area contributed by atoms with Crippen LogP contribution in [0.25, 0.3) is 5.69 Å². The molecule has 5 rings (SSSR count). The highest BCUT2D eigenvalue weighted by Gasteiger charge is 2.21. The lowest BCUT2D eigenvalue weighted by Crippen LogP contribution is -2.45. The molecule has 1 atom stereocenters. The van der Waals surface area contributed by atoms with E-state index in [2.05, 4.69) is 47.7 Å². The first-order chi connectivity index (χ1) is 19.9. The lowest BCUT2D eigenvalue weighted by Gasteiger charge is -2.35. The van der Waals surface area contributed by atoms with E-state index in [0.29, 0.717) is 23.4 Å². The number of nitrogens with zero attached hydrogens (tertiary/aromatic N) is 7. The number of aromatic nitrogens is 4. The van der Waals surface area contributed by atoms with Crippen LogP contribution in [0, 0.1) is 6.92 Å². The number of nitrogens with two attached hydrogens (primary N) is 1. The summed E-state index contributed by atoms with van der Waals surface area (Å²) in [5, 5.41) is 14.1. The third-order valence-corrected chi connectivity index (χ3v) is 7.52. The number of hydrogen-bond acceptors (Lipinski definition) is 10. The number of rotatable bonds is 9. The number of piperazine rings is 1. The molecule has 0 aliphatic carbocycles. The van der Waals surface area contributed by atoms with Crippen LogP contribution in [0.15, 0.2) is 42.9 Å². The van der Waals surface area contributed by atoms with Crippen molar-refractivity contribution >= 4 is 23.2 Å². The maximum Gasteiger partial charge on any atom is 0.274 e. The number of hydrogen-bond donors (Lipinski definition) is 3. The first kappa shape index (κ1) is 28.6. The number of anilines is 2. The quantitative estimate of drug-likeness (QED) is 0.319. The molecule has 4 N–H and O–H groups in total. The van der Waals surface area contributed by atoms with Crippen molar-refractivity contribution in [3.8, 4) is 5.69 Å². The Morgan fingerprint density at radius 3 is 2.61 bits per heavy atom. The maximum atomic E-state index is 13.2. The molecule has 13 heteroatoms. The first-order valence-electron chi connectivity index (χ1n) is 14.0. The van der Waals surface area contributed by atoms with Gasteiger partial charge < -0.3 is 30.9 Å². The van der Waals surface area contributed by atoms with E-state index in [1.54, 1.807) is 18.6 Å². The van der Waals surface area contributed by atoms with Gasteiger partial charge in [-0.2, -0.15) is 0 Å². The maximum absolute atomic E-state index is 13.2. The third kappa shape index (κ3) is 7.24. The van der Waals surface area contributed by atoms with Gasteiger partial charge in [-0.25, -0.2) is 4.68 Å². The number of morpholine rings is 1. The molecule has 2 saturated heterocycles. The number of benzene rings is 1. The van der Waals surface area contributed by atoms with Gasteiger partial charge in [0.05, 0.1) is 48.2 Å². The first-order valence-corrected chi connectivity index (χ1v) is 14.0. The molecule has 4 heterocycles. The van der Waals surface area contributed by atoms with Gasteiger partial charge in [0.25, 0.3) is 11.8 Å². The summed E-state index contributed by atoms with van der Waals surface area (Å²) in [5.41, 5.74) is 9.89. The molecule has 13 nitrogen and oxygen atoms in total. The van der Waals surface area contributed by atoms with Crippen LogP contribution < -0.4 is 21.3 Å². The number of carbonyl (C=O) groups excluding carboxylic acids is 2. The Bertz CT molecular complexity index is 1350. The minimum atomic E-state index is -0.504. The molecule has 0 saturated carbocycles. The van der Waals surface area contributed by atoms with E-state index in [1.165, 1.54) is 4.68 Å². The lowest BCUT2D eigenvalue weighted by atomic mass is 10.1. The summed E-state index contributed by atoms with van der Waals surface area (Å²) in [6, 6.07) is 7.53. The Morgan fingerprint density at radius 2 is 1.85 bits per heavy atom. The van der Waals surface area contributed by atoms with Gasteiger partial charge in [-0.15, -0.1) is 5.10 Å². The van der Waals surface area contributed by atoms with Crippen LogP contribution in [0.4, 0.5) is 11.4 Å². The highest BCUT2D eigenvalue weighted by molar-refractivity contribution is 6.06. The predicted octanol–water partition coefficient (Wildman–Crippen LogP) is 0.712. The van der Waals surface area contributed by atoms with Gasteiger partial charge in [-0.3, -0.25) is 19.5 Å². The van der Waals surface area contributed by atoms with Crippen molar-refractivity contribution in [1.29, 1.82) is 0 Å². The highest BCUT2D eigenvalue weighted by Crippen LogP contribution is 2.30. The summed E-state index contributed by atoms with van der Waals surface area (Å²) in [6.07, 6.45) is 4.91. The minimum absolute atomic E-state index is 0.159. The van der Waals surface area contributed by atoms with Gasteiger partial charge in [0.1, 0.15) is 0 Å². The molecule has 2 aliphatic heterocycles. The summed E-state index contributed by atoms with van der Waals surface area (Å²) in [7, 11) is 2.10. The zero-order chi connectivity index (χ0) is 28.8. The Hall–Kier alpha value is -3.91. The SMILES string of the molecule is Cc1ccncc1C(=O)Nc1cc(-n2cc(C(=O)NC(N)CCN3CCOCC3)nn2)ccc1N1CCN(C)CC1. The number of amides is 2. The molecule has 0 bridgehead atoms. The number of aryl methyl sites for hydroxylation is 1. The Kier molecular flexibility index (Phi) is 9.19. The van der Waals surface area contributed by atoms with Crippen LogP contribution in [-0.2, 0) is 4.74 Å². The average Bonchev–Trinajstić information content (AvgIpc) is 3.48. The fourth-order valence-corrected chi connectivity index (χ4v) is 4.94. The molecule has 0 radical (unpaired) electrons. The van der Waals surface area contributed by atoms with Crippen LogP contribution >= 0.6 is 0 Å². The normalized spacial score (nSPS) is 17.3. The van der Waals surface area contributed by atoms with Gasteiger partial charge >= 0.3 is 0 Å². The van der Waals surface area contributed by atoms with Gasteiger partial charge in [0, 0.05) is 58.2 Å². The van der Waals surface area contributed by atoms with Crippen molar-refractivity contribution in [2.24, 2.45) is 5.73 Å². The summed E-state index contributed by atoms with van der Waals surface area (Å²) in [6.45, 7) is 9.36. The van der Waals surface area contributed by atoms with Crippen molar-refractivity contribution in [3.63, 3.8) is 0 Å². The van der Waals surface area contributed by atoms with E-state index in [1.807, 2.05) is 31.2 Å². The third-order valence-electron chi connectivity index (χ3n) is 7.52. The Balaban J connectivity index is 1.31. The van der Waals surface area contributed by atoms with Crippen LogP contribution in [0.5, 0.6) is 0 Å². The molecule has 3 aromatic rings. The number of likely N-dealkylation sites (N-methyl/N-ethyl adjacent to an activating group) is 1. The van der Waals surface area contributed by atoms with E-state index < -0.39 is 6.17 Å². The summed E-state index contributed by atoms with van der Waals surface area (Å²) in [5.74, 6) is -0.631. The Labute approximate surface area is 239 Å². The second kappa shape index (κ2) is 13.2. The molecule has 218 valence electrons. The van der Waals surface area contributed by atoms with E-state index in [4.69, 9.17) is 10.5 Å². The minimum Gasteiger partial charge on any atom is -0.379 e. The van der Waals surface area contributed by atoms with Crippen LogP contribution in [0.3, 0.4) is 0 Å². The molecular weight excluding hydrogens is 524 g/mol. The summed E-state index contributed by atoms with van der Waals surface area (Å²) in [4.78, 5) is 37.0. The second-order valence-electron chi connectivity index (χ2n) is 10.5. The molecule has 0 spiro atoms. The Morgan fingerprint density at radius 1 is 1.07 bits per heavy atom. The highest BCUT2D eigenvalue weighted by atomic mass is 16.5. The molecule has 41 heavy (non-hydrogen) atoms. The topological polar surface area (TPSA) is 147 Å². The molecule has 2 aliphatic rings. The van der Waals surface area contributed by atoms with E-state index in [0.717, 1.165) is 70.3 Å². The fourth-order valence-electron chi connectivity index (χ4n) is 4.94. The average molecular weight is 563 g/mol. The standard InChI is InChI=1S/C28H38N10O3/c1-20-5-7-30-18-22(20)27(39)31-23-17-21(3-4-25(23)37-11-9-35(2)10-12-37)38-19-24(33-34-38)28(40)32-26(29)6-8-36-13-15-41-16-14-36/h3-5,7,17-19,26H,6,8-16,29H2,1-2H3,(H,31,39)(H,32,40). The van der Waals surface area contributed by atoms with Crippen molar-refractivity contribution in [1.82, 2.24) is 35.1 Å². The molecule has 2 fully saturated rings. The van der Waals surface area contributed by atoms with Gasteiger partial charge in [-0.1, -0.05) is 5.21 Å². The van der Waals surface area contributed by atoms with Crippen molar-refractivity contribution in [3.05, 3.63) is 59.7 Å². The number of carbonyl (C=O) groups is 2. The molecule has 1 unspecified atom stereocenters. The van der Waals surface area contributed by atoms with Crippen LogP contribution in [0.1, 0.15) is 32.8 Å². The zero-order valence-corrected chi connectivity index (χ0v) is 23.6. The van der Waals surface area contributed by atoms with Gasteiger partial charge in [-0.05, 0) is 50.2 Å². The molecule has 2 aromatic heterocycles. The van der Waals surface area contributed by atoms with Crippen molar-refractivity contribution in [2.75, 3.05) is 76.3 Å². The number of nitrogens with one attached hydrogen (secondary N) is 2. The monoisotopic (exact) mass is 562 g/mol. The summed E-state index contributed by atoms with van der Waals surface area (Å²) >= 11 is 0. The largest absolute Gasteiger partial charge is 0.379 e. The molecular formula is C28H38N10O3. The zero-order valence-electron chi connectivity index (χ0n) is 23.6. The van der Waals surface area contributed by atoms with Gasteiger partial charge in [0.15, 0.2) is 5.69 Å².